The highest BCUT2D eigenvalue weighted by molar-refractivity contribution is 4.78. The summed E-state index contributed by atoms with van der Waals surface area (Å²) >= 11 is 0. The minimum absolute atomic E-state index is 0.790. The van der Waals surface area contributed by atoms with E-state index < -0.39 is 0 Å². The molecule has 0 aliphatic carbocycles. The van der Waals surface area contributed by atoms with Crippen LogP contribution in [0.1, 0.15) is 215 Å². The normalized spacial score (nSPS) is 12.2. The van der Waals surface area contributed by atoms with Crippen molar-refractivity contribution >= 4 is 0 Å². The highest BCUT2D eigenvalue weighted by Crippen LogP contribution is 2.19. The molecule has 0 aliphatic rings. The molecule has 0 amide bonds. The first-order valence-electron chi connectivity index (χ1n) is 17.8. The van der Waals surface area contributed by atoms with Crippen LogP contribution in [0.4, 0.5) is 0 Å². The summed E-state index contributed by atoms with van der Waals surface area (Å²) in [6.07, 6.45) is 39.4. The molecule has 0 aromatic carbocycles. The molecule has 0 spiro atoms. The Morgan fingerprint density at radius 1 is 0.405 bits per heavy atom. The van der Waals surface area contributed by atoms with E-state index in [4.69, 9.17) is 0 Å². The van der Waals surface area contributed by atoms with Gasteiger partial charge in [0.1, 0.15) is 0 Å². The van der Waals surface area contributed by atoms with Crippen molar-refractivity contribution in [1.29, 1.82) is 0 Å². The van der Waals surface area contributed by atoms with Crippen LogP contribution in [0.5, 0.6) is 0 Å². The van der Waals surface area contributed by atoms with E-state index in [0.29, 0.717) is 0 Å². The molecule has 0 heteroatoms. The lowest BCUT2D eigenvalue weighted by Crippen LogP contribution is -1.96. The Kier molecular flexibility index (Phi) is 44.8. The third-order valence-electron chi connectivity index (χ3n) is 7.79. The topological polar surface area (TPSA) is 0 Å². The Labute approximate surface area is 239 Å². The van der Waals surface area contributed by atoms with Crippen molar-refractivity contribution in [3.05, 3.63) is 12.7 Å². The third-order valence-corrected chi connectivity index (χ3v) is 7.79. The maximum absolute atomic E-state index is 3.94. The van der Waals surface area contributed by atoms with E-state index in [1.54, 1.807) is 0 Å². The van der Waals surface area contributed by atoms with E-state index in [1.807, 2.05) is 13.8 Å². The zero-order valence-corrected chi connectivity index (χ0v) is 27.8. The van der Waals surface area contributed by atoms with Crippen LogP contribution < -0.4 is 0 Å². The molecule has 0 N–H and O–H groups in total. The molecular weight excluding hydrogens is 444 g/mol. The van der Waals surface area contributed by atoms with Crippen molar-refractivity contribution in [3.8, 4) is 0 Å². The van der Waals surface area contributed by atoms with E-state index in [0.717, 1.165) is 11.8 Å². The standard InChI is InChI=1S/C21H44.C14H28.C2H6/c1-4-6-8-10-12-14-16-18-20-21(3)19-17-15-13-11-9-7-5-2;1-4-7-9-11-13-14(6-3)12-10-8-5-2;1-2/h21H,4-20H2,1-3H3;6,14H,3-5,7-13H2,1-2H3;1-2H3. The largest absolute Gasteiger partial charge is 0.103 e. The van der Waals surface area contributed by atoms with Crippen LogP contribution in [-0.4, -0.2) is 0 Å². The predicted octanol–water partition coefficient (Wildman–Crippen LogP) is 14.7. The van der Waals surface area contributed by atoms with E-state index in [9.17, 15) is 0 Å². The second-order valence-corrected chi connectivity index (χ2v) is 11.6. The second-order valence-electron chi connectivity index (χ2n) is 11.6. The Balaban J connectivity index is -0.000000627. The Bertz CT molecular complexity index is 357. The first-order valence-corrected chi connectivity index (χ1v) is 17.8. The SMILES string of the molecule is C=CC(CCCCC)CCCCCC.CC.CCCCCCCCCCC(C)CCCCCCCCC. The van der Waals surface area contributed by atoms with Crippen LogP contribution in [0.2, 0.25) is 0 Å². The van der Waals surface area contributed by atoms with Gasteiger partial charge in [-0.2, -0.15) is 0 Å². The van der Waals surface area contributed by atoms with Gasteiger partial charge in [-0.25, -0.2) is 0 Å². The summed E-state index contributed by atoms with van der Waals surface area (Å²) in [6.45, 7) is 19.5. The van der Waals surface area contributed by atoms with Crippen LogP contribution in [0, 0.1) is 11.8 Å². The summed E-state index contributed by atoms with van der Waals surface area (Å²) in [6, 6.07) is 0. The minimum atomic E-state index is 0.790. The van der Waals surface area contributed by atoms with E-state index in [2.05, 4.69) is 47.3 Å². The molecular formula is C37H78. The van der Waals surface area contributed by atoms with Gasteiger partial charge in [-0.3, -0.25) is 0 Å². The van der Waals surface area contributed by atoms with Crippen LogP contribution in [0.3, 0.4) is 0 Å². The monoisotopic (exact) mass is 523 g/mol. The number of rotatable bonds is 27. The maximum atomic E-state index is 3.94. The van der Waals surface area contributed by atoms with Gasteiger partial charge >= 0.3 is 0 Å². The summed E-state index contributed by atoms with van der Waals surface area (Å²) in [5.41, 5.74) is 0. The highest BCUT2D eigenvalue weighted by Gasteiger charge is 2.03. The smallest absolute Gasteiger partial charge is 0.0236 e. The van der Waals surface area contributed by atoms with Crippen molar-refractivity contribution in [3.63, 3.8) is 0 Å². The van der Waals surface area contributed by atoms with Crippen molar-refractivity contribution in [1.82, 2.24) is 0 Å². The van der Waals surface area contributed by atoms with Gasteiger partial charge in [-0.15, -0.1) is 6.58 Å². The Morgan fingerprint density at radius 2 is 0.649 bits per heavy atom. The molecule has 2 atom stereocenters. The first-order chi connectivity index (χ1) is 18.2. The lowest BCUT2D eigenvalue weighted by Gasteiger charge is -2.11. The van der Waals surface area contributed by atoms with Crippen LogP contribution in [0.25, 0.3) is 0 Å². The Hall–Kier alpha value is -0.260. The molecule has 0 fully saturated rings. The van der Waals surface area contributed by atoms with Crippen molar-refractivity contribution in [2.75, 3.05) is 0 Å². The summed E-state index contributed by atoms with van der Waals surface area (Å²) < 4.78 is 0. The van der Waals surface area contributed by atoms with Crippen LogP contribution in [-0.2, 0) is 0 Å². The van der Waals surface area contributed by atoms with E-state index in [-0.39, 0.29) is 0 Å². The van der Waals surface area contributed by atoms with Gasteiger partial charge in [0.05, 0.1) is 0 Å². The fourth-order valence-corrected chi connectivity index (χ4v) is 5.09. The number of hydrogen-bond acceptors (Lipinski definition) is 0. The quantitative estimate of drug-likeness (QED) is 0.0743. The molecule has 0 nitrogen and oxygen atoms in total. The molecule has 0 bridgehead atoms. The lowest BCUT2D eigenvalue weighted by molar-refractivity contribution is 0.430. The van der Waals surface area contributed by atoms with Gasteiger partial charge in [-0.05, 0) is 24.7 Å². The molecule has 0 rings (SSSR count). The summed E-state index contributed by atoms with van der Waals surface area (Å²) in [7, 11) is 0. The van der Waals surface area contributed by atoms with Gasteiger partial charge < -0.3 is 0 Å². The Morgan fingerprint density at radius 3 is 1.00 bits per heavy atom. The zero-order chi connectivity index (χ0) is 28.2. The van der Waals surface area contributed by atoms with Crippen molar-refractivity contribution in [2.24, 2.45) is 11.8 Å². The van der Waals surface area contributed by atoms with E-state index >= 15 is 0 Å². The summed E-state index contributed by atoms with van der Waals surface area (Å²) in [5, 5.41) is 0. The lowest BCUT2D eigenvalue weighted by atomic mass is 9.95. The minimum Gasteiger partial charge on any atom is -0.103 e. The van der Waals surface area contributed by atoms with Crippen molar-refractivity contribution in [2.45, 2.75) is 215 Å². The van der Waals surface area contributed by atoms with Crippen LogP contribution in [0.15, 0.2) is 12.7 Å². The van der Waals surface area contributed by atoms with Gasteiger partial charge in [-0.1, -0.05) is 209 Å². The fourth-order valence-electron chi connectivity index (χ4n) is 5.09. The molecule has 0 aromatic rings. The van der Waals surface area contributed by atoms with Gasteiger partial charge in [0.2, 0.25) is 0 Å². The molecule has 0 heterocycles. The molecule has 0 saturated carbocycles. The van der Waals surface area contributed by atoms with Gasteiger partial charge in [0, 0.05) is 0 Å². The average Bonchev–Trinajstić information content (AvgIpc) is 2.92. The first kappa shape index (κ1) is 41.2. The molecule has 226 valence electrons. The van der Waals surface area contributed by atoms with Gasteiger partial charge in [0.15, 0.2) is 0 Å². The summed E-state index contributed by atoms with van der Waals surface area (Å²) in [5.74, 6) is 1.76. The predicted molar refractivity (Wildman–Crippen MR) is 177 cm³/mol. The maximum Gasteiger partial charge on any atom is -0.0236 e. The summed E-state index contributed by atoms with van der Waals surface area (Å²) in [4.78, 5) is 0. The van der Waals surface area contributed by atoms with Crippen LogP contribution >= 0.6 is 0 Å². The molecule has 37 heavy (non-hydrogen) atoms. The molecule has 0 aliphatic heterocycles. The molecule has 0 aromatic heterocycles. The average molecular weight is 523 g/mol. The zero-order valence-electron chi connectivity index (χ0n) is 27.8. The van der Waals surface area contributed by atoms with Crippen molar-refractivity contribution < 1.29 is 0 Å². The van der Waals surface area contributed by atoms with Gasteiger partial charge in [0.25, 0.3) is 0 Å². The number of hydrogen-bond donors (Lipinski definition) is 0. The number of unbranched alkanes of at least 4 members (excludes halogenated alkanes) is 18. The van der Waals surface area contributed by atoms with E-state index in [1.165, 1.54) is 167 Å². The number of allylic oxidation sites excluding steroid dienone is 1. The second kappa shape index (κ2) is 40.2. The fraction of sp³-hybridized carbons (Fsp3) is 0.946. The third kappa shape index (κ3) is 40.4. The molecule has 2 unspecified atom stereocenters. The highest BCUT2D eigenvalue weighted by atomic mass is 14.1. The molecule has 0 saturated heterocycles. The molecule has 0 radical (unpaired) electrons.